The minimum atomic E-state index is -3.47. The Balaban J connectivity index is 2.21. The molecule has 2 atom stereocenters. The van der Waals surface area contributed by atoms with Crippen molar-refractivity contribution in [3.05, 3.63) is 78.4 Å². The van der Waals surface area contributed by atoms with Crippen molar-refractivity contribution >= 4 is 24.0 Å². The maximum atomic E-state index is 14.8. The SMILES string of the molecule is CCCO[P@](=O)(c1ccc(N(C)C)cc1)[C@H](Nc1ccccc1)c1cc(OC)ccc1OC. The minimum Gasteiger partial charge on any atom is -0.497 e. The van der Waals surface area contributed by atoms with Crippen molar-refractivity contribution in [1.82, 2.24) is 0 Å². The fourth-order valence-corrected chi connectivity index (χ4v) is 6.08. The first-order valence-corrected chi connectivity index (χ1v) is 12.7. The van der Waals surface area contributed by atoms with E-state index in [1.54, 1.807) is 14.2 Å². The molecule has 3 aromatic rings. The lowest BCUT2D eigenvalue weighted by Crippen LogP contribution is -2.22. The summed E-state index contributed by atoms with van der Waals surface area (Å²) in [4.78, 5) is 2.01. The molecule has 0 amide bonds. The molecule has 6 nitrogen and oxygen atoms in total. The summed E-state index contributed by atoms with van der Waals surface area (Å²) in [6.07, 6.45) is 0.743. The highest BCUT2D eigenvalue weighted by Crippen LogP contribution is 2.60. The third-order valence-electron chi connectivity index (χ3n) is 5.36. The lowest BCUT2D eigenvalue weighted by molar-refractivity contribution is 0.314. The summed E-state index contributed by atoms with van der Waals surface area (Å²) in [7, 11) is 3.69. The van der Waals surface area contributed by atoms with Gasteiger partial charge in [-0.2, -0.15) is 0 Å². The van der Waals surface area contributed by atoms with Crippen molar-refractivity contribution < 1.29 is 18.6 Å². The average Bonchev–Trinajstić information content (AvgIpc) is 2.86. The summed E-state index contributed by atoms with van der Waals surface area (Å²) < 4.78 is 32.2. The van der Waals surface area contributed by atoms with Crippen LogP contribution in [-0.4, -0.2) is 34.9 Å². The van der Waals surface area contributed by atoms with Gasteiger partial charge >= 0.3 is 0 Å². The molecule has 0 bridgehead atoms. The van der Waals surface area contributed by atoms with Gasteiger partial charge in [-0.15, -0.1) is 0 Å². The van der Waals surface area contributed by atoms with E-state index in [0.717, 1.165) is 17.8 Å². The molecule has 1 N–H and O–H groups in total. The fraction of sp³-hybridized carbons (Fsp3) is 0.308. The molecular formula is C26H33N2O4P. The zero-order valence-corrected chi connectivity index (χ0v) is 20.8. The third-order valence-corrected chi connectivity index (χ3v) is 8.03. The Bertz CT molecular complexity index is 1070. The average molecular weight is 469 g/mol. The van der Waals surface area contributed by atoms with E-state index in [2.05, 4.69) is 5.32 Å². The molecule has 7 heteroatoms. The van der Waals surface area contributed by atoms with Crippen molar-refractivity contribution in [2.45, 2.75) is 19.1 Å². The molecule has 0 aromatic heterocycles. The van der Waals surface area contributed by atoms with Crippen molar-refractivity contribution in [3.63, 3.8) is 0 Å². The summed E-state index contributed by atoms with van der Waals surface area (Å²) >= 11 is 0. The molecule has 0 heterocycles. The molecule has 0 aliphatic carbocycles. The number of nitrogens with zero attached hydrogens (tertiary/aromatic N) is 1. The standard InChI is InChI=1S/C26H33N2O4P/c1-6-18-32-33(29,23-15-12-21(13-16-23)28(2)3)26(27-20-10-8-7-9-11-20)24-19-22(30-4)14-17-25(24)31-5/h7-17,19,26-27H,6,18H2,1-5H3/t26-,33+/m0/s1. The summed E-state index contributed by atoms with van der Waals surface area (Å²) in [5.41, 5.74) is 2.56. The quantitative estimate of drug-likeness (QED) is 0.353. The molecule has 3 rings (SSSR count). The second-order valence-electron chi connectivity index (χ2n) is 7.86. The molecule has 0 unspecified atom stereocenters. The van der Waals surface area contributed by atoms with Crippen molar-refractivity contribution in [3.8, 4) is 11.5 Å². The van der Waals surface area contributed by atoms with Crippen LogP contribution in [0.2, 0.25) is 0 Å². The molecule has 0 aliphatic heterocycles. The number of hydrogen-bond donors (Lipinski definition) is 1. The van der Waals surface area contributed by atoms with Crippen LogP contribution in [0.15, 0.2) is 72.8 Å². The molecule has 0 saturated carbocycles. The van der Waals surface area contributed by atoms with Crippen LogP contribution < -0.4 is 25.0 Å². The first kappa shape index (κ1) is 24.7. The van der Waals surface area contributed by atoms with Crippen LogP contribution in [0, 0.1) is 0 Å². The van der Waals surface area contributed by atoms with Gasteiger partial charge in [0.2, 0.25) is 0 Å². The molecule has 0 fully saturated rings. The van der Waals surface area contributed by atoms with Crippen LogP contribution in [0.3, 0.4) is 0 Å². The van der Waals surface area contributed by atoms with Gasteiger partial charge in [0.1, 0.15) is 17.3 Å². The lowest BCUT2D eigenvalue weighted by Gasteiger charge is -2.31. The molecule has 0 saturated heterocycles. The fourth-order valence-electron chi connectivity index (χ4n) is 3.57. The number of nitrogens with one attached hydrogen (secondary N) is 1. The van der Waals surface area contributed by atoms with Crippen molar-refractivity contribution in [2.75, 3.05) is 45.1 Å². The second kappa shape index (κ2) is 11.3. The highest BCUT2D eigenvalue weighted by molar-refractivity contribution is 7.67. The van der Waals surface area contributed by atoms with Gasteiger partial charge in [0.15, 0.2) is 0 Å². The first-order chi connectivity index (χ1) is 15.9. The Morgan fingerprint density at radius 1 is 0.939 bits per heavy atom. The summed E-state index contributed by atoms with van der Waals surface area (Å²) in [5, 5.41) is 4.11. The number of rotatable bonds is 11. The van der Waals surface area contributed by atoms with Gasteiger partial charge in [0, 0.05) is 36.3 Å². The summed E-state index contributed by atoms with van der Waals surface area (Å²) in [5.74, 6) is 0.562. The largest absolute Gasteiger partial charge is 0.497 e. The Kier molecular flexibility index (Phi) is 8.43. The van der Waals surface area contributed by atoms with Crippen LogP contribution >= 0.6 is 7.37 Å². The van der Waals surface area contributed by atoms with Gasteiger partial charge in [-0.05, 0) is 61.0 Å². The second-order valence-corrected chi connectivity index (χ2v) is 10.3. The highest BCUT2D eigenvalue weighted by atomic mass is 31.2. The van der Waals surface area contributed by atoms with Gasteiger partial charge in [-0.25, -0.2) is 0 Å². The minimum absolute atomic E-state index is 0.367. The lowest BCUT2D eigenvalue weighted by atomic mass is 10.1. The van der Waals surface area contributed by atoms with Crippen LogP contribution in [0.5, 0.6) is 11.5 Å². The van der Waals surface area contributed by atoms with E-state index in [0.29, 0.717) is 29.0 Å². The molecule has 176 valence electrons. The van der Waals surface area contributed by atoms with E-state index < -0.39 is 13.2 Å². The van der Waals surface area contributed by atoms with E-state index in [9.17, 15) is 4.57 Å². The van der Waals surface area contributed by atoms with Crippen molar-refractivity contribution in [1.29, 1.82) is 0 Å². The molecule has 3 aromatic carbocycles. The normalized spacial score (nSPS) is 13.6. The molecular weight excluding hydrogens is 435 g/mol. The molecule has 33 heavy (non-hydrogen) atoms. The number of para-hydroxylation sites is 1. The monoisotopic (exact) mass is 468 g/mol. The van der Waals surface area contributed by atoms with Crippen LogP contribution in [0.4, 0.5) is 11.4 Å². The Morgan fingerprint density at radius 3 is 2.21 bits per heavy atom. The molecule has 0 spiro atoms. The van der Waals surface area contributed by atoms with E-state index in [1.807, 2.05) is 98.7 Å². The van der Waals surface area contributed by atoms with E-state index in [4.69, 9.17) is 14.0 Å². The van der Waals surface area contributed by atoms with E-state index in [1.165, 1.54) is 0 Å². The smallest absolute Gasteiger partial charge is 0.258 e. The summed E-state index contributed by atoms with van der Waals surface area (Å²) in [6, 6.07) is 22.9. The molecule has 0 radical (unpaired) electrons. The van der Waals surface area contributed by atoms with Gasteiger partial charge in [0.05, 0.1) is 20.8 Å². The zero-order valence-electron chi connectivity index (χ0n) is 19.9. The Hall–Kier alpha value is -2.95. The highest BCUT2D eigenvalue weighted by Gasteiger charge is 2.39. The van der Waals surface area contributed by atoms with Crippen LogP contribution in [0.1, 0.15) is 24.7 Å². The number of benzene rings is 3. The zero-order chi connectivity index (χ0) is 23.8. The topological polar surface area (TPSA) is 60.0 Å². The number of hydrogen-bond acceptors (Lipinski definition) is 6. The van der Waals surface area contributed by atoms with Gasteiger partial charge < -0.3 is 24.2 Å². The predicted octanol–water partition coefficient (Wildman–Crippen LogP) is 5.91. The number of ether oxygens (including phenoxy) is 2. The van der Waals surface area contributed by atoms with Crippen LogP contribution in [-0.2, 0) is 9.09 Å². The van der Waals surface area contributed by atoms with Gasteiger partial charge in [-0.1, -0.05) is 25.1 Å². The third kappa shape index (κ3) is 5.70. The predicted molar refractivity (Wildman–Crippen MR) is 137 cm³/mol. The number of methoxy groups -OCH3 is 2. The first-order valence-electron chi connectivity index (χ1n) is 11.0. The van der Waals surface area contributed by atoms with Gasteiger partial charge in [-0.3, -0.25) is 4.57 Å². The Morgan fingerprint density at radius 2 is 1.64 bits per heavy atom. The number of anilines is 2. The van der Waals surface area contributed by atoms with Crippen molar-refractivity contribution in [2.24, 2.45) is 0 Å². The van der Waals surface area contributed by atoms with E-state index in [-0.39, 0.29) is 0 Å². The Labute approximate surface area is 196 Å². The van der Waals surface area contributed by atoms with Crippen LogP contribution in [0.25, 0.3) is 0 Å². The van der Waals surface area contributed by atoms with E-state index >= 15 is 0 Å². The maximum absolute atomic E-state index is 14.8. The summed E-state index contributed by atoms with van der Waals surface area (Å²) in [6.45, 7) is 2.37. The van der Waals surface area contributed by atoms with Gasteiger partial charge in [0.25, 0.3) is 7.37 Å². The molecule has 0 aliphatic rings. The maximum Gasteiger partial charge on any atom is 0.258 e.